The van der Waals surface area contributed by atoms with Gasteiger partial charge < -0.3 is 24.4 Å². The number of sulfonamides is 1. The van der Waals surface area contributed by atoms with E-state index in [1.807, 2.05) is 18.2 Å². The molecule has 2 saturated carbocycles. The van der Waals surface area contributed by atoms with E-state index in [1.54, 1.807) is 54.0 Å². The Morgan fingerprint density at radius 3 is 2.44 bits per heavy atom. The first-order valence-electron chi connectivity index (χ1n) is 16.8. The number of pyridine rings is 1. The normalized spacial score (nSPS) is 23.9. The maximum atomic E-state index is 14.4. The number of benzene rings is 1. The van der Waals surface area contributed by atoms with E-state index in [0.717, 1.165) is 5.39 Å². The highest BCUT2D eigenvalue weighted by molar-refractivity contribution is 7.91. The van der Waals surface area contributed by atoms with Crippen molar-refractivity contribution in [3.63, 3.8) is 0 Å². The fraction of sp³-hybridized carbons (Fsp3) is 0.571. The molecule has 3 aliphatic rings. The van der Waals surface area contributed by atoms with Crippen LogP contribution in [-0.4, -0.2) is 102 Å². The lowest BCUT2D eigenvalue weighted by molar-refractivity contribution is -0.144. The summed E-state index contributed by atoms with van der Waals surface area (Å²) in [5.41, 5.74) is -2.36. The third kappa shape index (κ3) is 7.67. The molecule has 1 aliphatic heterocycles. The van der Waals surface area contributed by atoms with E-state index >= 15 is 0 Å². The van der Waals surface area contributed by atoms with E-state index in [1.165, 1.54) is 22.9 Å². The Labute approximate surface area is 292 Å². The SMILES string of the molecule is C=C[C@@H]1C[C@]1(NC(=O)[C@@H]1CC(Oc2nccc3cc(OC)ccc23)CN1C(=O)[C@H](C(C)C)N(C)C(=O)OC(C)(C)C)C(=O)NS(=O)(=O)C1CC1. The highest BCUT2D eigenvalue weighted by Gasteiger charge is 2.62. The van der Waals surface area contributed by atoms with E-state index in [9.17, 15) is 27.6 Å². The maximum Gasteiger partial charge on any atom is 0.410 e. The van der Waals surface area contributed by atoms with E-state index < -0.39 is 74.3 Å². The quantitative estimate of drug-likeness (QED) is 0.311. The molecule has 5 atom stereocenters. The summed E-state index contributed by atoms with van der Waals surface area (Å²) in [5, 5.41) is 3.65. The van der Waals surface area contributed by atoms with Crippen molar-refractivity contribution in [1.29, 1.82) is 0 Å². The number of amides is 4. The summed E-state index contributed by atoms with van der Waals surface area (Å²) in [6, 6.07) is 5.09. The number of ether oxygens (including phenoxy) is 3. The minimum Gasteiger partial charge on any atom is -0.497 e. The number of likely N-dealkylation sites (tertiary alicyclic amines) is 1. The van der Waals surface area contributed by atoms with Crippen molar-refractivity contribution in [2.45, 2.75) is 94.9 Å². The minimum atomic E-state index is -3.89. The van der Waals surface area contributed by atoms with Crippen LogP contribution in [0, 0.1) is 11.8 Å². The van der Waals surface area contributed by atoms with Crippen molar-refractivity contribution < 1.29 is 41.8 Å². The fourth-order valence-electron chi connectivity index (χ4n) is 6.42. The smallest absolute Gasteiger partial charge is 0.410 e. The number of carbonyl (C=O) groups is 4. The molecule has 14 nitrogen and oxygen atoms in total. The van der Waals surface area contributed by atoms with Gasteiger partial charge in [-0.05, 0) is 75.6 Å². The Hall–Kier alpha value is -4.40. The van der Waals surface area contributed by atoms with Gasteiger partial charge in [-0.15, -0.1) is 6.58 Å². The molecule has 5 rings (SSSR count). The lowest BCUT2D eigenvalue weighted by Crippen LogP contribution is -2.59. The van der Waals surface area contributed by atoms with E-state index in [0.29, 0.717) is 29.9 Å². The van der Waals surface area contributed by atoms with Gasteiger partial charge >= 0.3 is 6.09 Å². The van der Waals surface area contributed by atoms with Crippen molar-refractivity contribution in [2.24, 2.45) is 11.8 Å². The molecule has 2 heterocycles. The van der Waals surface area contributed by atoms with Gasteiger partial charge in [0.05, 0.1) is 18.9 Å². The summed E-state index contributed by atoms with van der Waals surface area (Å²) >= 11 is 0. The predicted octanol–water partition coefficient (Wildman–Crippen LogP) is 3.15. The number of aromatic nitrogens is 1. The van der Waals surface area contributed by atoms with Crippen LogP contribution < -0.4 is 19.5 Å². The molecule has 50 heavy (non-hydrogen) atoms. The number of carbonyl (C=O) groups excluding carboxylic acids is 4. The molecule has 15 heteroatoms. The van der Waals surface area contributed by atoms with Crippen LogP contribution >= 0.6 is 0 Å². The van der Waals surface area contributed by atoms with Crippen molar-refractivity contribution in [2.75, 3.05) is 20.7 Å². The molecule has 2 aromatic rings. The first kappa shape index (κ1) is 36.9. The van der Waals surface area contributed by atoms with Gasteiger partial charge in [0.15, 0.2) is 0 Å². The monoisotopic (exact) mass is 713 g/mol. The predicted molar refractivity (Wildman–Crippen MR) is 185 cm³/mol. The highest BCUT2D eigenvalue weighted by atomic mass is 32.2. The van der Waals surface area contributed by atoms with Gasteiger partial charge in [-0.1, -0.05) is 19.9 Å². The number of fused-ring (bicyclic) bond motifs is 1. The Balaban J connectivity index is 1.44. The third-order valence-corrected chi connectivity index (χ3v) is 11.1. The number of hydrogen-bond acceptors (Lipinski definition) is 10. The molecular formula is C35H47N5O9S. The zero-order chi connectivity index (χ0) is 36.8. The Bertz CT molecular complexity index is 1790. The summed E-state index contributed by atoms with van der Waals surface area (Å²) in [4.78, 5) is 62.2. The topological polar surface area (TPSA) is 174 Å². The summed E-state index contributed by atoms with van der Waals surface area (Å²) in [5.74, 6) is -1.96. The van der Waals surface area contributed by atoms with Crippen LogP contribution in [0.1, 0.15) is 60.3 Å². The molecule has 1 saturated heterocycles. The molecule has 0 bridgehead atoms. The molecule has 3 fully saturated rings. The molecule has 1 aromatic heterocycles. The second-order valence-electron chi connectivity index (χ2n) is 14.6. The number of nitrogens with zero attached hydrogens (tertiary/aromatic N) is 3. The van der Waals surface area contributed by atoms with Crippen molar-refractivity contribution in [1.82, 2.24) is 24.8 Å². The number of rotatable bonds is 12. The molecule has 1 unspecified atom stereocenters. The molecule has 4 amide bonds. The zero-order valence-electron chi connectivity index (χ0n) is 29.6. The average molecular weight is 714 g/mol. The molecule has 2 aliphatic carbocycles. The van der Waals surface area contributed by atoms with Crippen LogP contribution in [0.2, 0.25) is 0 Å². The number of methoxy groups -OCH3 is 1. The third-order valence-electron chi connectivity index (χ3n) is 9.29. The van der Waals surface area contributed by atoms with Crippen molar-refractivity contribution in [3.8, 4) is 11.6 Å². The standard InChI is InChI=1S/C35H47N5O9S/c1-9-22-18-35(22,32(43)38-50(45,46)25-11-12-25)37-29(41)27-17-24(48-30-26-13-10-23(47-8)16-21(26)14-15-36-30)19-40(27)31(42)28(20(2)3)39(7)33(44)49-34(4,5)6/h9-10,13-16,20,22,24-25,27-28H,1,11-12,17-19H2,2-8H3,(H,37,41)(H,38,43)/t22-,24?,27+,28+,35-/m1/s1. The van der Waals surface area contributed by atoms with E-state index in [-0.39, 0.29) is 25.3 Å². The second-order valence-corrected chi connectivity index (χ2v) is 16.6. The zero-order valence-corrected chi connectivity index (χ0v) is 30.4. The molecule has 0 spiro atoms. The highest BCUT2D eigenvalue weighted by Crippen LogP contribution is 2.45. The Kier molecular flexibility index (Phi) is 10.1. The summed E-state index contributed by atoms with van der Waals surface area (Å²) in [6.45, 7) is 12.5. The largest absolute Gasteiger partial charge is 0.497 e. The van der Waals surface area contributed by atoms with Crippen molar-refractivity contribution >= 4 is 44.6 Å². The molecule has 2 N–H and O–H groups in total. The van der Waals surface area contributed by atoms with Crippen LogP contribution in [-0.2, 0) is 29.1 Å². The first-order valence-corrected chi connectivity index (χ1v) is 18.3. The molecule has 272 valence electrons. The Morgan fingerprint density at radius 1 is 1.16 bits per heavy atom. The van der Waals surface area contributed by atoms with Gasteiger partial charge in [-0.3, -0.25) is 24.0 Å². The molecular weight excluding hydrogens is 666 g/mol. The van der Waals surface area contributed by atoms with Crippen LogP contribution in [0.4, 0.5) is 4.79 Å². The minimum absolute atomic E-state index is 0.0311. The second kappa shape index (κ2) is 13.7. The molecule has 1 aromatic carbocycles. The maximum absolute atomic E-state index is 14.4. The van der Waals surface area contributed by atoms with Gasteiger partial charge in [0.1, 0.15) is 35.1 Å². The lowest BCUT2D eigenvalue weighted by Gasteiger charge is -2.36. The van der Waals surface area contributed by atoms with E-state index in [2.05, 4.69) is 21.6 Å². The fourth-order valence-corrected chi connectivity index (χ4v) is 7.78. The number of likely N-dealkylation sites (N-methyl/N-ethyl adjacent to an activating group) is 1. The number of nitrogens with one attached hydrogen (secondary N) is 2. The van der Waals surface area contributed by atoms with Gasteiger partial charge in [-0.2, -0.15) is 0 Å². The first-order chi connectivity index (χ1) is 23.4. The lowest BCUT2D eigenvalue weighted by atomic mass is 10.0. The Morgan fingerprint density at radius 2 is 1.86 bits per heavy atom. The summed E-state index contributed by atoms with van der Waals surface area (Å²) < 4.78 is 44.7. The van der Waals surface area contributed by atoms with Crippen molar-refractivity contribution in [3.05, 3.63) is 43.1 Å². The van der Waals surface area contributed by atoms with Gasteiger partial charge in [0, 0.05) is 31.0 Å². The summed E-state index contributed by atoms with van der Waals surface area (Å²) in [6.07, 6.45) is 2.78. The van der Waals surface area contributed by atoms with Gasteiger partial charge in [0.2, 0.25) is 27.7 Å². The summed E-state index contributed by atoms with van der Waals surface area (Å²) in [7, 11) is -0.849. The van der Waals surface area contributed by atoms with Gasteiger partial charge in [-0.25, -0.2) is 18.2 Å². The molecule has 0 radical (unpaired) electrons. The van der Waals surface area contributed by atoms with Crippen LogP contribution in [0.3, 0.4) is 0 Å². The van der Waals surface area contributed by atoms with E-state index in [4.69, 9.17) is 14.2 Å². The average Bonchev–Trinajstić information content (AvgIpc) is 3.96. The number of hydrogen-bond donors (Lipinski definition) is 2. The van der Waals surface area contributed by atoms with Gasteiger partial charge in [0.25, 0.3) is 5.91 Å². The van der Waals surface area contributed by atoms with Crippen LogP contribution in [0.5, 0.6) is 11.6 Å². The van der Waals surface area contributed by atoms with Crippen LogP contribution in [0.15, 0.2) is 43.1 Å². The van der Waals surface area contributed by atoms with Crippen LogP contribution in [0.25, 0.3) is 10.8 Å².